The van der Waals surface area contributed by atoms with E-state index in [-0.39, 0.29) is 12.5 Å². The fourth-order valence-electron chi connectivity index (χ4n) is 3.62. The van der Waals surface area contributed by atoms with E-state index in [1.165, 1.54) is 12.0 Å². The van der Waals surface area contributed by atoms with Crippen molar-refractivity contribution >= 4 is 50.7 Å². The summed E-state index contributed by atoms with van der Waals surface area (Å²) in [6.45, 7) is 3.81. The fourth-order valence-corrected chi connectivity index (χ4v) is 4.94. The molecule has 36 heavy (non-hydrogen) atoms. The third kappa shape index (κ3) is 8.28. The van der Waals surface area contributed by atoms with Gasteiger partial charge in [0.05, 0.1) is 19.1 Å². The lowest BCUT2D eigenvalue weighted by Crippen LogP contribution is -2.52. The van der Waals surface area contributed by atoms with Gasteiger partial charge in [0.25, 0.3) is 0 Å². The molecule has 1 atom stereocenters. The second-order valence-electron chi connectivity index (χ2n) is 8.29. The van der Waals surface area contributed by atoms with Crippen LogP contribution < -0.4 is 14.4 Å². The van der Waals surface area contributed by atoms with Gasteiger partial charge in [-0.2, -0.15) is 0 Å². The normalized spacial score (nSPS) is 12.1. The number of hydrogen-bond acceptors (Lipinski definition) is 5. The minimum absolute atomic E-state index is 0.00868. The van der Waals surface area contributed by atoms with Crippen LogP contribution in [0.25, 0.3) is 0 Å². The number of nitrogens with one attached hydrogen (secondary N) is 1. The maximum atomic E-state index is 13.7. The molecule has 11 heteroatoms. The maximum absolute atomic E-state index is 13.7. The molecular weight excluding hydrogens is 525 g/mol. The minimum atomic E-state index is -3.82. The van der Waals surface area contributed by atoms with Crippen LogP contribution in [0, 0.1) is 0 Å². The van der Waals surface area contributed by atoms with Gasteiger partial charge in [0.15, 0.2) is 0 Å². The van der Waals surface area contributed by atoms with Crippen LogP contribution in [0.2, 0.25) is 10.0 Å². The van der Waals surface area contributed by atoms with Gasteiger partial charge in [0.2, 0.25) is 21.8 Å². The van der Waals surface area contributed by atoms with E-state index in [2.05, 4.69) is 5.32 Å². The largest absolute Gasteiger partial charge is 0.497 e. The number of benzene rings is 2. The molecule has 2 rings (SSSR count). The number of sulfonamides is 1. The van der Waals surface area contributed by atoms with E-state index < -0.39 is 28.5 Å². The summed E-state index contributed by atoms with van der Waals surface area (Å²) in [4.78, 5) is 28.1. The Morgan fingerprint density at radius 1 is 1.08 bits per heavy atom. The highest BCUT2D eigenvalue weighted by Gasteiger charge is 2.32. The molecule has 0 aliphatic rings. The van der Waals surface area contributed by atoms with Crippen LogP contribution in [-0.4, -0.2) is 57.6 Å². The van der Waals surface area contributed by atoms with Gasteiger partial charge in [0.1, 0.15) is 18.3 Å². The van der Waals surface area contributed by atoms with E-state index in [1.54, 1.807) is 49.4 Å². The smallest absolute Gasteiger partial charge is 0.244 e. The molecule has 0 aliphatic heterocycles. The van der Waals surface area contributed by atoms with Crippen LogP contribution in [0.15, 0.2) is 42.5 Å². The van der Waals surface area contributed by atoms with Gasteiger partial charge in [-0.15, -0.1) is 0 Å². The number of carbonyl (C=O) groups is 2. The molecule has 0 aliphatic carbocycles. The molecule has 0 aromatic heterocycles. The molecule has 0 saturated carbocycles. The highest BCUT2D eigenvalue weighted by atomic mass is 35.5. The van der Waals surface area contributed by atoms with Gasteiger partial charge in [-0.25, -0.2) is 8.42 Å². The van der Waals surface area contributed by atoms with Crippen molar-refractivity contribution in [3.05, 3.63) is 58.1 Å². The number of rotatable bonds is 13. The van der Waals surface area contributed by atoms with Crippen LogP contribution >= 0.6 is 23.2 Å². The van der Waals surface area contributed by atoms with E-state index in [0.29, 0.717) is 40.0 Å². The zero-order valence-electron chi connectivity index (χ0n) is 21.0. The number of halogens is 2. The quantitative estimate of drug-likeness (QED) is 0.366. The maximum Gasteiger partial charge on any atom is 0.244 e. The van der Waals surface area contributed by atoms with Crippen molar-refractivity contribution in [3.63, 3.8) is 0 Å². The van der Waals surface area contributed by atoms with Gasteiger partial charge in [-0.05, 0) is 54.8 Å². The molecule has 0 bridgehead atoms. The zero-order chi connectivity index (χ0) is 26.9. The van der Waals surface area contributed by atoms with E-state index >= 15 is 0 Å². The van der Waals surface area contributed by atoms with Crippen LogP contribution in [-0.2, 0) is 26.2 Å². The summed E-state index contributed by atoms with van der Waals surface area (Å²) in [5.74, 6) is -0.299. The highest BCUT2D eigenvalue weighted by Crippen LogP contribution is 2.25. The summed E-state index contributed by atoms with van der Waals surface area (Å²) in [5, 5.41) is 3.66. The van der Waals surface area contributed by atoms with Gasteiger partial charge in [-0.3, -0.25) is 13.9 Å². The third-order valence-corrected chi connectivity index (χ3v) is 7.34. The van der Waals surface area contributed by atoms with E-state index in [4.69, 9.17) is 27.9 Å². The summed E-state index contributed by atoms with van der Waals surface area (Å²) in [6.07, 6.45) is 3.07. The van der Waals surface area contributed by atoms with Crippen molar-refractivity contribution < 1.29 is 22.7 Å². The lowest BCUT2D eigenvalue weighted by molar-refractivity contribution is -0.140. The van der Waals surface area contributed by atoms with Crippen molar-refractivity contribution in [2.75, 3.05) is 30.8 Å². The average molecular weight is 559 g/mol. The Kier molecular flexibility index (Phi) is 11.3. The summed E-state index contributed by atoms with van der Waals surface area (Å²) in [5.41, 5.74) is 0.890. The van der Waals surface area contributed by atoms with E-state index in [1.807, 2.05) is 6.92 Å². The Bertz CT molecular complexity index is 1140. The number of methoxy groups -OCH3 is 1. The Morgan fingerprint density at radius 2 is 1.75 bits per heavy atom. The fraction of sp³-hybridized carbons (Fsp3) is 0.440. The standard InChI is InChI=1S/C25H33Cl2N3O5S/c1-5-7-14-28-25(32)23(6-2)29(16-18-8-9-19(26)15-22(18)27)24(31)17-30(36(4,33)34)20-10-12-21(35-3)13-11-20/h8-13,15,23H,5-7,14,16-17H2,1-4H3,(H,28,32). The first-order chi connectivity index (χ1) is 17.0. The minimum Gasteiger partial charge on any atom is -0.497 e. The second-order valence-corrected chi connectivity index (χ2v) is 11.0. The summed E-state index contributed by atoms with van der Waals surface area (Å²) >= 11 is 12.4. The molecule has 2 amide bonds. The van der Waals surface area contributed by atoms with Gasteiger partial charge < -0.3 is 15.0 Å². The van der Waals surface area contributed by atoms with Crippen molar-refractivity contribution in [1.29, 1.82) is 0 Å². The molecule has 2 aromatic carbocycles. The number of hydrogen-bond donors (Lipinski definition) is 1. The first-order valence-electron chi connectivity index (χ1n) is 11.6. The van der Waals surface area contributed by atoms with Crippen molar-refractivity contribution in [3.8, 4) is 5.75 Å². The zero-order valence-corrected chi connectivity index (χ0v) is 23.3. The lowest BCUT2D eigenvalue weighted by atomic mass is 10.1. The number of anilines is 1. The highest BCUT2D eigenvalue weighted by molar-refractivity contribution is 7.92. The van der Waals surface area contributed by atoms with Crippen molar-refractivity contribution in [2.45, 2.75) is 45.7 Å². The van der Waals surface area contributed by atoms with Crippen molar-refractivity contribution in [2.24, 2.45) is 0 Å². The molecule has 0 heterocycles. The Morgan fingerprint density at radius 3 is 2.28 bits per heavy atom. The number of unbranched alkanes of at least 4 members (excludes halogenated alkanes) is 1. The molecule has 1 N–H and O–H groups in total. The summed E-state index contributed by atoms with van der Waals surface area (Å²) < 4.78 is 31.5. The lowest BCUT2D eigenvalue weighted by Gasteiger charge is -2.33. The van der Waals surface area contributed by atoms with Crippen LogP contribution in [0.3, 0.4) is 0 Å². The van der Waals surface area contributed by atoms with Gasteiger partial charge in [-0.1, -0.05) is 49.5 Å². The Labute approximate surface area is 223 Å². The third-order valence-electron chi connectivity index (χ3n) is 5.61. The van der Waals surface area contributed by atoms with Gasteiger partial charge >= 0.3 is 0 Å². The van der Waals surface area contributed by atoms with Crippen molar-refractivity contribution in [1.82, 2.24) is 10.2 Å². The number of carbonyl (C=O) groups excluding carboxylic acids is 2. The number of amides is 2. The van der Waals surface area contributed by atoms with Crippen LogP contribution in [0.5, 0.6) is 5.75 Å². The van der Waals surface area contributed by atoms with Crippen LogP contribution in [0.4, 0.5) is 5.69 Å². The molecule has 2 aromatic rings. The average Bonchev–Trinajstić information content (AvgIpc) is 2.83. The molecule has 198 valence electrons. The molecule has 0 fully saturated rings. The molecule has 0 radical (unpaired) electrons. The molecular formula is C25H33Cl2N3O5S. The predicted molar refractivity (Wildman–Crippen MR) is 144 cm³/mol. The first-order valence-corrected chi connectivity index (χ1v) is 14.2. The second kappa shape index (κ2) is 13.7. The van der Waals surface area contributed by atoms with Crippen LogP contribution in [0.1, 0.15) is 38.7 Å². The Hall–Kier alpha value is -2.49. The Balaban J connectivity index is 2.43. The molecule has 8 nitrogen and oxygen atoms in total. The van der Waals surface area contributed by atoms with Gasteiger partial charge in [0, 0.05) is 23.1 Å². The predicted octanol–water partition coefficient (Wildman–Crippen LogP) is 4.49. The van der Waals surface area contributed by atoms with E-state index in [9.17, 15) is 18.0 Å². The molecule has 0 saturated heterocycles. The summed E-state index contributed by atoms with van der Waals surface area (Å²) in [6, 6.07) is 10.4. The molecule has 1 unspecified atom stereocenters. The SMILES string of the molecule is CCCCNC(=O)C(CC)N(Cc1ccc(Cl)cc1Cl)C(=O)CN(c1ccc(OC)cc1)S(C)(=O)=O. The summed E-state index contributed by atoms with van der Waals surface area (Å²) in [7, 11) is -2.32. The molecule has 0 spiro atoms. The number of nitrogens with zero attached hydrogens (tertiary/aromatic N) is 2. The van der Waals surface area contributed by atoms with E-state index in [0.717, 1.165) is 23.4 Å². The topological polar surface area (TPSA) is 96.0 Å². The first kappa shape index (κ1) is 29.7. The monoisotopic (exact) mass is 557 g/mol. The number of ether oxygens (including phenoxy) is 1.